The summed E-state index contributed by atoms with van der Waals surface area (Å²) in [6.45, 7) is 6.99. The van der Waals surface area contributed by atoms with Crippen LogP contribution in [0.3, 0.4) is 0 Å². The van der Waals surface area contributed by atoms with Crippen LogP contribution in [0.15, 0.2) is 34.3 Å². The monoisotopic (exact) mass is 407 g/mol. The lowest BCUT2D eigenvalue weighted by Crippen LogP contribution is -2.34. The molecule has 162 valence electrons. The third kappa shape index (κ3) is 9.23. The molecule has 1 heterocycles. The molecule has 0 spiro atoms. The minimum atomic E-state index is -0.638. The lowest BCUT2D eigenvalue weighted by atomic mass is 10.1. The molecule has 2 rings (SSSR count). The highest BCUT2D eigenvalue weighted by Crippen LogP contribution is 2.13. The van der Waals surface area contributed by atoms with Crippen molar-refractivity contribution >= 4 is 17.4 Å². The molecule has 1 aromatic rings. The van der Waals surface area contributed by atoms with E-state index < -0.39 is 6.23 Å². The average Bonchev–Trinajstić information content (AvgIpc) is 3.24. The zero-order valence-electron chi connectivity index (χ0n) is 17.5. The Balaban J connectivity index is 1.67. The first kappa shape index (κ1) is 23.1. The van der Waals surface area contributed by atoms with E-state index in [1.165, 1.54) is 0 Å². The second kappa shape index (κ2) is 13.1. The van der Waals surface area contributed by atoms with Crippen molar-refractivity contribution in [1.82, 2.24) is 10.6 Å². The first-order valence-corrected chi connectivity index (χ1v) is 9.96. The molecule has 0 fully saturated rings. The van der Waals surface area contributed by atoms with Crippen molar-refractivity contribution in [3.05, 3.63) is 29.8 Å². The molecule has 9 heteroatoms. The number of benzene rings is 1. The highest BCUT2D eigenvalue weighted by Gasteiger charge is 2.11. The third-order valence-corrected chi connectivity index (χ3v) is 4.42. The summed E-state index contributed by atoms with van der Waals surface area (Å²) in [4.78, 5) is 18.7. The van der Waals surface area contributed by atoms with Crippen molar-refractivity contribution in [3.63, 3.8) is 0 Å². The van der Waals surface area contributed by atoms with Crippen LogP contribution >= 0.6 is 0 Å². The molecule has 9 nitrogen and oxygen atoms in total. The van der Waals surface area contributed by atoms with Crippen LogP contribution in [0.5, 0.6) is 0 Å². The largest absolute Gasteiger partial charge is 0.381 e. The van der Waals surface area contributed by atoms with E-state index in [0.717, 1.165) is 49.0 Å². The number of aliphatic imine (C=N–C) groups is 2. The van der Waals surface area contributed by atoms with Gasteiger partial charge in [0.2, 0.25) is 0 Å². The molecule has 0 radical (unpaired) electrons. The Labute approximate surface area is 172 Å². The maximum Gasteiger partial charge on any atom is 0.191 e. The quantitative estimate of drug-likeness (QED) is 0.172. The molecule has 0 bridgehead atoms. The standard InChI is InChI=1S/C20H33N5O4/c1-15(13-16(2)27-3)24-19(29-26)14-17-5-7-18(8-6-17)25-28-12-4-9-21-20-22-10-11-23-20/h5-8,16,19,25-26H,4,9-14H2,1-3H3,(H2,21,22,23). The van der Waals surface area contributed by atoms with Crippen molar-refractivity contribution in [2.75, 3.05) is 38.8 Å². The Morgan fingerprint density at radius 1 is 1.34 bits per heavy atom. The van der Waals surface area contributed by atoms with Crippen molar-refractivity contribution in [1.29, 1.82) is 0 Å². The second-order valence-corrected chi connectivity index (χ2v) is 6.96. The summed E-state index contributed by atoms with van der Waals surface area (Å²) < 4.78 is 5.23. The number of hydrogen-bond donors (Lipinski definition) is 4. The van der Waals surface area contributed by atoms with Gasteiger partial charge in [-0.15, -0.1) is 0 Å². The van der Waals surface area contributed by atoms with Crippen LogP contribution < -0.4 is 16.1 Å². The van der Waals surface area contributed by atoms with Gasteiger partial charge in [0.05, 0.1) is 24.9 Å². The smallest absolute Gasteiger partial charge is 0.191 e. The predicted molar refractivity (Wildman–Crippen MR) is 114 cm³/mol. The number of rotatable bonds is 13. The highest BCUT2D eigenvalue weighted by atomic mass is 17.1. The van der Waals surface area contributed by atoms with E-state index >= 15 is 0 Å². The van der Waals surface area contributed by atoms with Gasteiger partial charge in [-0.05, 0) is 38.0 Å². The summed E-state index contributed by atoms with van der Waals surface area (Å²) in [7, 11) is 1.66. The number of anilines is 1. The van der Waals surface area contributed by atoms with Crippen LogP contribution in [0.1, 0.15) is 32.3 Å². The van der Waals surface area contributed by atoms with Crippen LogP contribution in [0.2, 0.25) is 0 Å². The van der Waals surface area contributed by atoms with Gasteiger partial charge in [0.25, 0.3) is 0 Å². The van der Waals surface area contributed by atoms with Gasteiger partial charge >= 0.3 is 0 Å². The fraction of sp³-hybridized carbons (Fsp3) is 0.600. The summed E-state index contributed by atoms with van der Waals surface area (Å²) in [5.74, 6) is 0.867. The van der Waals surface area contributed by atoms with Crippen molar-refractivity contribution in [2.45, 2.75) is 45.4 Å². The zero-order valence-corrected chi connectivity index (χ0v) is 17.5. The number of guanidine groups is 1. The van der Waals surface area contributed by atoms with Crippen molar-refractivity contribution in [3.8, 4) is 0 Å². The maximum atomic E-state index is 9.15. The highest BCUT2D eigenvalue weighted by molar-refractivity contribution is 5.82. The van der Waals surface area contributed by atoms with E-state index in [1.807, 2.05) is 38.1 Å². The molecule has 1 aliphatic heterocycles. The van der Waals surface area contributed by atoms with Gasteiger partial charge in [-0.3, -0.25) is 20.3 Å². The van der Waals surface area contributed by atoms with E-state index in [2.05, 4.69) is 31.0 Å². The normalized spacial score (nSPS) is 16.1. The zero-order chi connectivity index (χ0) is 20.9. The molecule has 0 aliphatic carbocycles. The Morgan fingerprint density at radius 3 is 2.79 bits per heavy atom. The van der Waals surface area contributed by atoms with Crippen molar-refractivity contribution in [2.24, 2.45) is 9.98 Å². The van der Waals surface area contributed by atoms with Gasteiger partial charge in [-0.25, -0.2) is 10.1 Å². The molecule has 1 aliphatic rings. The van der Waals surface area contributed by atoms with E-state index in [9.17, 15) is 0 Å². The molecular formula is C20H33N5O4. The molecule has 2 atom stereocenters. The van der Waals surface area contributed by atoms with Gasteiger partial charge in [-0.1, -0.05) is 12.1 Å². The lowest BCUT2D eigenvalue weighted by Gasteiger charge is -2.13. The maximum absolute atomic E-state index is 9.15. The molecule has 4 N–H and O–H groups in total. The number of methoxy groups -OCH3 is 1. The molecule has 2 unspecified atom stereocenters. The van der Waals surface area contributed by atoms with E-state index in [0.29, 0.717) is 19.4 Å². The Hall–Kier alpha value is -2.20. The summed E-state index contributed by atoms with van der Waals surface area (Å²) in [5, 5.41) is 15.5. The van der Waals surface area contributed by atoms with Crippen LogP contribution in [0, 0.1) is 0 Å². The number of nitrogens with zero attached hydrogens (tertiary/aromatic N) is 2. The topological polar surface area (TPSA) is 109 Å². The van der Waals surface area contributed by atoms with Crippen LogP contribution in [-0.2, 0) is 20.9 Å². The molecule has 29 heavy (non-hydrogen) atoms. The summed E-state index contributed by atoms with van der Waals surface area (Å²) >= 11 is 0. The SMILES string of the molecule is COC(C)CC(C)=NC(Cc1ccc(NOCCCNC2=NCCN2)cc1)OO. The Morgan fingerprint density at radius 2 is 2.14 bits per heavy atom. The summed E-state index contributed by atoms with van der Waals surface area (Å²) in [6.07, 6.45) is 1.46. The van der Waals surface area contributed by atoms with E-state index in [-0.39, 0.29) is 6.10 Å². The number of ether oxygens (including phenoxy) is 1. The second-order valence-electron chi connectivity index (χ2n) is 6.96. The molecule has 0 aromatic heterocycles. The number of nitrogens with one attached hydrogen (secondary N) is 3. The van der Waals surface area contributed by atoms with Gasteiger partial charge < -0.3 is 15.4 Å². The first-order chi connectivity index (χ1) is 14.1. The fourth-order valence-corrected chi connectivity index (χ4v) is 2.82. The summed E-state index contributed by atoms with van der Waals surface area (Å²) in [6, 6.07) is 7.74. The molecule has 0 saturated carbocycles. The van der Waals surface area contributed by atoms with Crippen LogP contribution in [-0.4, -0.2) is 62.6 Å². The van der Waals surface area contributed by atoms with Crippen LogP contribution in [0.4, 0.5) is 5.69 Å². The lowest BCUT2D eigenvalue weighted by molar-refractivity contribution is -0.275. The summed E-state index contributed by atoms with van der Waals surface area (Å²) in [5.41, 5.74) is 5.66. The van der Waals surface area contributed by atoms with Gasteiger partial charge in [0, 0.05) is 38.8 Å². The average molecular weight is 408 g/mol. The first-order valence-electron chi connectivity index (χ1n) is 9.96. The molecular weight excluding hydrogens is 374 g/mol. The van der Waals surface area contributed by atoms with E-state index in [4.69, 9.17) is 14.8 Å². The van der Waals surface area contributed by atoms with Crippen molar-refractivity contribution < 1.29 is 19.7 Å². The Bertz CT molecular complexity index is 651. The van der Waals surface area contributed by atoms with E-state index in [1.54, 1.807) is 7.11 Å². The van der Waals surface area contributed by atoms with Gasteiger partial charge in [0.1, 0.15) is 0 Å². The fourth-order valence-electron chi connectivity index (χ4n) is 2.82. The Kier molecular flexibility index (Phi) is 10.4. The minimum absolute atomic E-state index is 0.0763. The molecule has 1 aromatic carbocycles. The minimum Gasteiger partial charge on any atom is -0.381 e. The number of hydrogen-bond acceptors (Lipinski definition) is 9. The predicted octanol–water partition coefficient (Wildman–Crippen LogP) is 2.21. The molecule has 0 saturated heterocycles. The van der Waals surface area contributed by atoms with Crippen LogP contribution in [0.25, 0.3) is 0 Å². The third-order valence-electron chi connectivity index (χ3n) is 4.42. The van der Waals surface area contributed by atoms with Gasteiger partial charge in [0.15, 0.2) is 12.2 Å². The van der Waals surface area contributed by atoms with Gasteiger partial charge in [-0.2, -0.15) is 0 Å². The molecule has 0 amide bonds.